The van der Waals surface area contributed by atoms with Crippen molar-refractivity contribution in [2.75, 3.05) is 0 Å². The molecule has 0 amide bonds. The number of ether oxygens (including phenoxy) is 1. The van der Waals surface area contributed by atoms with Crippen molar-refractivity contribution in [2.45, 2.75) is 12.0 Å². The molecule has 5 nitrogen and oxygen atoms in total. The van der Waals surface area contributed by atoms with Crippen LogP contribution < -0.4 is 4.74 Å². The highest BCUT2D eigenvalue weighted by molar-refractivity contribution is 6.06. The Morgan fingerprint density at radius 3 is 1.93 bits per heavy atom. The molecule has 272 valence electrons. The van der Waals surface area contributed by atoms with E-state index in [-0.39, 0.29) is 12.0 Å². The first-order chi connectivity index (χ1) is 28.7. The number of nitrogens with zero attached hydrogens (tertiary/aromatic N) is 3. The van der Waals surface area contributed by atoms with Gasteiger partial charge in [0.1, 0.15) is 23.0 Å². The van der Waals surface area contributed by atoms with Gasteiger partial charge in [-0.3, -0.25) is 0 Å². The summed E-state index contributed by atoms with van der Waals surface area (Å²) in [7, 11) is 0. The number of hydrogen-bond donors (Lipinski definition) is 0. The van der Waals surface area contributed by atoms with Crippen LogP contribution in [0.5, 0.6) is 5.75 Å². The maximum Gasteiger partial charge on any atom is 0.164 e. The third kappa shape index (κ3) is 5.35. The molecule has 0 fully saturated rings. The minimum Gasteiger partial charge on any atom is -0.485 e. The normalized spacial score (nSPS) is 15.6. The van der Waals surface area contributed by atoms with Gasteiger partial charge < -0.3 is 9.15 Å². The smallest absolute Gasteiger partial charge is 0.164 e. The lowest BCUT2D eigenvalue weighted by molar-refractivity contribution is 0.269. The Hall–Kier alpha value is -7.63. The standard InChI is InChI=1S/C53H33N3O2/c1-2-12-36-28-37(25-22-32(36)10-1)51-54-52(38-26-27-48-44(29-38)42-15-5-7-18-46(42)57-48)56-53(55-51)45-30-39(31-49-50(45)43-16-6-8-19-47(43)58-49)33-20-23-35(24-21-33)41-17-9-13-34-11-3-4-14-40(34)41/h1-31,43,47H. The Morgan fingerprint density at radius 1 is 0.397 bits per heavy atom. The molecule has 1 aliphatic heterocycles. The molecule has 12 rings (SSSR count). The largest absolute Gasteiger partial charge is 0.485 e. The lowest BCUT2D eigenvalue weighted by Gasteiger charge is -2.17. The second kappa shape index (κ2) is 13.0. The van der Waals surface area contributed by atoms with Gasteiger partial charge in [-0.2, -0.15) is 0 Å². The first-order valence-electron chi connectivity index (χ1n) is 19.7. The highest BCUT2D eigenvalue weighted by Crippen LogP contribution is 2.48. The highest BCUT2D eigenvalue weighted by Gasteiger charge is 2.36. The monoisotopic (exact) mass is 743 g/mol. The summed E-state index contributed by atoms with van der Waals surface area (Å²) < 4.78 is 12.9. The zero-order valence-corrected chi connectivity index (χ0v) is 31.2. The van der Waals surface area contributed by atoms with Gasteiger partial charge in [0.15, 0.2) is 17.5 Å². The van der Waals surface area contributed by atoms with Gasteiger partial charge in [0, 0.05) is 38.9 Å². The first-order valence-corrected chi connectivity index (χ1v) is 19.7. The van der Waals surface area contributed by atoms with Gasteiger partial charge in [-0.05, 0) is 92.3 Å². The van der Waals surface area contributed by atoms with Crippen LogP contribution in [0.1, 0.15) is 11.5 Å². The summed E-state index contributed by atoms with van der Waals surface area (Å²) in [6, 6.07) is 57.4. The number of para-hydroxylation sites is 1. The van der Waals surface area contributed by atoms with Crippen molar-refractivity contribution in [2.24, 2.45) is 0 Å². The third-order valence-electron chi connectivity index (χ3n) is 11.7. The molecule has 1 aliphatic carbocycles. The molecule has 0 spiro atoms. The van der Waals surface area contributed by atoms with E-state index >= 15 is 0 Å². The van der Waals surface area contributed by atoms with Gasteiger partial charge in [-0.25, -0.2) is 15.0 Å². The predicted molar refractivity (Wildman–Crippen MR) is 235 cm³/mol. The van der Waals surface area contributed by atoms with E-state index in [1.54, 1.807) is 0 Å². The van der Waals surface area contributed by atoms with E-state index in [1.165, 1.54) is 21.9 Å². The molecular weight excluding hydrogens is 711 g/mol. The molecule has 2 atom stereocenters. The number of benzene rings is 8. The van der Waals surface area contributed by atoms with Crippen LogP contribution in [0.4, 0.5) is 0 Å². The van der Waals surface area contributed by atoms with Crippen LogP contribution in [-0.4, -0.2) is 21.1 Å². The van der Waals surface area contributed by atoms with Crippen molar-refractivity contribution in [1.82, 2.24) is 15.0 Å². The van der Waals surface area contributed by atoms with Crippen LogP contribution in [0.3, 0.4) is 0 Å². The third-order valence-corrected chi connectivity index (χ3v) is 11.7. The van der Waals surface area contributed by atoms with E-state index in [0.717, 1.165) is 71.8 Å². The maximum atomic E-state index is 6.71. The van der Waals surface area contributed by atoms with Crippen LogP contribution in [0.15, 0.2) is 193 Å². The Labute approximate surface area is 334 Å². The minimum absolute atomic E-state index is 0.0239. The molecule has 0 N–H and O–H groups in total. The van der Waals surface area contributed by atoms with Gasteiger partial charge in [0.05, 0.1) is 0 Å². The van der Waals surface area contributed by atoms with E-state index < -0.39 is 0 Å². The van der Waals surface area contributed by atoms with E-state index in [1.807, 2.05) is 30.3 Å². The number of aromatic nitrogens is 3. The van der Waals surface area contributed by atoms with Crippen molar-refractivity contribution < 1.29 is 9.15 Å². The van der Waals surface area contributed by atoms with Crippen LogP contribution >= 0.6 is 0 Å². The molecule has 0 radical (unpaired) electrons. The second-order valence-corrected chi connectivity index (χ2v) is 15.1. The predicted octanol–water partition coefficient (Wildman–Crippen LogP) is 13.4. The van der Waals surface area contributed by atoms with Crippen molar-refractivity contribution in [3.63, 3.8) is 0 Å². The zero-order chi connectivity index (χ0) is 38.2. The fourth-order valence-electron chi connectivity index (χ4n) is 8.79. The van der Waals surface area contributed by atoms with Gasteiger partial charge >= 0.3 is 0 Å². The van der Waals surface area contributed by atoms with Gasteiger partial charge in [0.2, 0.25) is 0 Å². The molecule has 0 saturated carbocycles. The molecule has 10 aromatic rings. The topological polar surface area (TPSA) is 61.0 Å². The summed E-state index contributed by atoms with van der Waals surface area (Å²) in [5.74, 6) is 2.67. The Morgan fingerprint density at radius 2 is 1.05 bits per heavy atom. The molecule has 2 aliphatic rings. The van der Waals surface area contributed by atoms with E-state index in [4.69, 9.17) is 24.1 Å². The zero-order valence-electron chi connectivity index (χ0n) is 31.2. The fourth-order valence-corrected chi connectivity index (χ4v) is 8.79. The average Bonchev–Trinajstić information content (AvgIpc) is 3.86. The lowest BCUT2D eigenvalue weighted by atomic mass is 9.86. The van der Waals surface area contributed by atoms with Crippen LogP contribution in [0.25, 0.3) is 99.9 Å². The Bertz CT molecular complexity index is 3340. The van der Waals surface area contributed by atoms with Crippen molar-refractivity contribution in [3.8, 4) is 62.2 Å². The molecule has 2 aromatic heterocycles. The fraction of sp³-hybridized carbons (Fsp3) is 0.0377. The highest BCUT2D eigenvalue weighted by atomic mass is 16.5. The minimum atomic E-state index is -0.110. The van der Waals surface area contributed by atoms with Crippen LogP contribution in [0, 0.1) is 0 Å². The molecular formula is C53H33N3O2. The number of furan rings is 1. The number of fused-ring (bicyclic) bond motifs is 8. The summed E-state index contributed by atoms with van der Waals surface area (Å²) in [4.78, 5) is 15.8. The maximum absolute atomic E-state index is 6.71. The molecule has 5 heteroatoms. The average molecular weight is 744 g/mol. The molecule has 8 aromatic carbocycles. The summed E-state index contributed by atoms with van der Waals surface area (Å²) in [5, 5.41) is 6.83. The second-order valence-electron chi connectivity index (χ2n) is 15.1. The number of allylic oxidation sites excluding steroid dienone is 2. The molecule has 0 saturated heterocycles. The van der Waals surface area contributed by atoms with E-state index in [9.17, 15) is 0 Å². The quantitative estimate of drug-likeness (QED) is 0.176. The van der Waals surface area contributed by atoms with Crippen LogP contribution in [-0.2, 0) is 0 Å². The number of rotatable bonds is 5. The Kier molecular flexibility index (Phi) is 7.29. The SMILES string of the molecule is C1=CC2Oc3cc(-c4ccc(-c5cccc6ccccc56)cc4)cc(-c4nc(-c5ccc6ccccc6c5)nc(-c5ccc6oc7ccccc7c6c5)n4)c3C2C=C1. The lowest BCUT2D eigenvalue weighted by Crippen LogP contribution is -2.16. The molecule has 3 heterocycles. The molecule has 58 heavy (non-hydrogen) atoms. The van der Waals surface area contributed by atoms with Crippen LogP contribution in [0.2, 0.25) is 0 Å². The van der Waals surface area contributed by atoms with Gasteiger partial charge in [-0.1, -0.05) is 140 Å². The molecule has 2 unspecified atom stereocenters. The van der Waals surface area contributed by atoms with E-state index in [2.05, 4.69) is 158 Å². The number of hydrogen-bond acceptors (Lipinski definition) is 5. The summed E-state index contributed by atoms with van der Waals surface area (Å²) >= 11 is 0. The van der Waals surface area contributed by atoms with Gasteiger partial charge in [-0.15, -0.1) is 0 Å². The summed E-state index contributed by atoms with van der Waals surface area (Å²) in [5.41, 5.74) is 9.99. The van der Waals surface area contributed by atoms with Gasteiger partial charge in [0.25, 0.3) is 0 Å². The van der Waals surface area contributed by atoms with E-state index in [0.29, 0.717) is 17.5 Å². The summed E-state index contributed by atoms with van der Waals surface area (Å²) in [6.07, 6.45) is 8.42. The molecule has 0 bridgehead atoms. The summed E-state index contributed by atoms with van der Waals surface area (Å²) in [6.45, 7) is 0. The van der Waals surface area contributed by atoms with Crippen molar-refractivity contribution in [1.29, 1.82) is 0 Å². The Balaban J connectivity index is 1.05. The first kappa shape index (κ1) is 32.6. The van der Waals surface area contributed by atoms with Crippen molar-refractivity contribution >= 4 is 43.5 Å². The van der Waals surface area contributed by atoms with Crippen molar-refractivity contribution in [3.05, 3.63) is 194 Å².